The number of carbonyl (C=O) groups excluding carboxylic acids is 1. The number of nitrogens with two attached hydrogens (primary N) is 1. The molecule has 0 spiro atoms. The first kappa shape index (κ1) is 17.8. The lowest BCUT2D eigenvalue weighted by molar-refractivity contribution is 0.0574. The van der Waals surface area contributed by atoms with Gasteiger partial charge in [-0.25, -0.2) is 0 Å². The number of amides is 1. The van der Waals surface area contributed by atoms with Gasteiger partial charge >= 0.3 is 0 Å². The van der Waals surface area contributed by atoms with Crippen LogP contribution in [-0.2, 0) is 0 Å². The second-order valence-corrected chi connectivity index (χ2v) is 6.46. The molecule has 0 radical (unpaired) electrons. The molecule has 2 atom stereocenters. The molecular weight excluding hydrogens is 363 g/mol. The first-order valence-corrected chi connectivity index (χ1v) is 7.66. The first-order chi connectivity index (χ1) is 9.02. The summed E-state index contributed by atoms with van der Waals surface area (Å²) < 4.78 is 0.872. The van der Waals surface area contributed by atoms with Gasteiger partial charge in [0.25, 0.3) is 5.91 Å². The summed E-state index contributed by atoms with van der Waals surface area (Å²) in [6, 6.07) is 5.47. The van der Waals surface area contributed by atoms with Gasteiger partial charge in [0.2, 0.25) is 0 Å². The first-order valence-electron chi connectivity index (χ1n) is 6.49. The van der Waals surface area contributed by atoms with Crippen LogP contribution in [0.25, 0.3) is 0 Å². The molecule has 1 aliphatic heterocycles. The maximum absolute atomic E-state index is 12.6. The van der Waals surface area contributed by atoms with Crippen molar-refractivity contribution in [3.05, 3.63) is 33.3 Å². The summed E-state index contributed by atoms with van der Waals surface area (Å²) >= 11 is 9.50. The van der Waals surface area contributed by atoms with E-state index in [-0.39, 0.29) is 24.4 Å². The van der Waals surface area contributed by atoms with E-state index in [4.69, 9.17) is 17.3 Å². The van der Waals surface area contributed by atoms with Gasteiger partial charge in [-0.3, -0.25) is 4.79 Å². The molecule has 2 N–H and O–H groups in total. The average Bonchev–Trinajstić information content (AvgIpc) is 2.37. The van der Waals surface area contributed by atoms with Gasteiger partial charge < -0.3 is 10.6 Å². The number of piperidine rings is 1. The highest BCUT2D eigenvalue weighted by Gasteiger charge is 2.30. The summed E-state index contributed by atoms with van der Waals surface area (Å²) in [5, 5.41) is 0.480. The number of rotatable bonds is 2. The smallest absolute Gasteiger partial charge is 0.255 e. The molecule has 1 fully saturated rings. The minimum absolute atomic E-state index is 0. The quantitative estimate of drug-likeness (QED) is 0.848. The lowest BCUT2D eigenvalue weighted by atomic mass is 9.92. The van der Waals surface area contributed by atoms with Crippen LogP contribution in [0.4, 0.5) is 0 Å². The summed E-state index contributed by atoms with van der Waals surface area (Å²) in [6.45, 7) is 3.47. The van der Waals surface area contributed by atoms with Crippen LogP contribution in [0, 0.1) is 5.92 Å². The Morgan fingerprint density at radius 1 is 1.55 bits per heavy atom. The second-order valence-electron chi connectivity index (χ2n) is 5.14. The van der Waals surface area contributed by atoms with E-state index in [1.165, 1.54) is 0 Å². The summed E-state index contributed by atoms with van der Waals surface area (Å²) in [5.41, 5.74) is 6.35. The Hall–Kier alpha value is -0.290. The maximum Gasteiger partial charge on any atom is 0.255 e. The van der Waals surface area contributed by atoms with Gasteiger partial charge in [0.15, 0.2) is 0 Å². The Morgan fingerprint density at radius 3 is 2.85 bits per heavy atom. The number of carbonyl (C=O) groups is 1. The van der Waals surface area contributed by atoms with Crippen molar-refractivity contribution in [3.63, 3.8) is 0 Å². The number of benzene rings is 1. The summed E-state index contributed by atoms with van der Waals surface area (Å²) in [5.74, 6) is 0.609. The van der Waals surface area contributed by atoms with Crippen molar-refractivity contribution in [3.8, 4) is 0 Å². The Bertz CT molecular complexity index is 484. The van der Waals surface area contributed by atoms with Crippen LogP contribution in [0.2, 0.25) is 5.02 Å². The third kappa shape index (κ3) is 3.88. The summed E-state index contributed by atoms with van der Waals surface area (Å²) in [7, 11) is 0. The molecule has 3 nitrogen and oxygen atoms in total. The van der Waals surface area contributed by atoms with Gasteiger partial charge in [0.05, 0.1) is 10.6 Å². The molecule has 0 aliphatic carbocycles. The van der Waals surface area contributed by atoms with Gasteiger partial charge in [-0.05, 0) is 37.0 Å². The molecule has 112 valence electrons. The SMILES string of the molecule is CC1CCN(C(=O)c2ccc(Br)cc2Cl)C(CN)C1.Cl. The molecule has 0 bridgehead atoms. The lowest BCUT2D eigenvalue weighted by Crippen LogP contribution is -2.49. The highest BCUT2D eigenvalue weighted by Crippen LogP contribution is 2.27. The normalized spacial score (nSPS) is 22.3. The monoisotopic (exact) mass is 380 g/mol. The number of nitrogens with zero attached hydrogens (tertiary/aromatic N) is 1. The fourth-order valence-corrected chi connectivity index (χ4v) is 3.31. The lowest BCUT2D eigenvalue weighted by Gasteiger charge is -2.38. The van der Waals surface area contributed by atoms with E-state index in [1.807, 2.05) is 11.0 Å². The van der Waals surface area contributed by atoms with Gasteiger partial charge in [-0.15, -0.1) is 12.4 Å². The fourth-order valence-electron chi connectivity index (χ4n) is 2.56. The maximum atomic E-state index is 12.6. The van der Waals surface area contributed by atoms with Gasteiger partial charge in [-0.2, -0.15) is 0 Å². The van der Waals surface area contributed by atoms with Crippen molar-refractivity contribution in [1.82, 2.24) is 4.90 Å². The van der Waals surface area contributed by atoms with E-state index in [1.54, 1.807) is 12.1 Å². The molecule has 1 heterocycles. The van der Waals surface area contributed by atoms with Gasteiger partial charge in [0.1, 0.15) is 0 Å². The second kappa shape index (κ2) is 7.64. The van der Waals surface area contributed by atoms with Crippen molar-refractivity contribution in [2.24, 2.45) is 11.7 Å². The van der Waals surface area contributed by atoms with Crippen LogP contribution in [-0.4, -0.2) is 29.9 Å². The molecule has 0 aromatic heterocycles. The number of hydrogen-bond acceptors (Lipinski definition) is 2. The average molecular weight is 382 g/mol. The molecule has 1 aliphatic rings. The third-order valence-corrected chi connectivity index (χ3v) is 4.48. The van der Waals surface area contributed by atoms with Crippen LogP contribution in [0.3, 0.4) is 0 Å². The topological polar surface area (TPSA) is 46.3 Å². The molecule has 20 heavy (non-hydrogen) atoms. The molecule has 2 rings (SSSR count). The Balaban J connectivity index is 0.00000200. The Labute approximate surface area is 139 Å². The molecule has 2 unspecified atom stereocenters. The van der Waals surface area contributed by atoms with Crippen molar-refractivity contribution in [1.29, 1.82) is 0 Å². The van der Waals surface area contributed by atoms with Crippen LogP contribution in [0.5, 0.6) is 0 Å². The molecule has 1 saturated heterocycles. The van der Waals surface area contributed by atoms with Crippen LogP contribution < -0.4 is 5.73 Å². The highest BCUT2D eigenvalue weighted by atomic mass is 79.9. The molecule has 1 aromatic rings. The molecule has 6 heteroatoms. The minimum Gasteiger partial charge on any atom is -0.334 e. The third-order valence-electron chi connectivity index (χ3n) is 3.67. The predicted octanol–water partition coefficient (Wildman–Crippen LogP) is 3.72. The number of halogens is 3. The summed E-state index contributed by atoms with van der Waals surface area (Å²) in [4.78, 5) is 14.4. The zero-order valence-electron chi connectivity index (χ0n) is 11.3. The number of hydrogen-bond donors (Lipinski definition) is 1. The predicted molar refractivity (Wildman–Crippen MR) is 88.7 cm³/mol. The minimum atomic E-state index is -0.0140. The largest absolute Gasteiger partial charge is 0.334 e. The van der Waals surface area contributed by atoms with E-state index in [0.717, 1.165) is 23.9 Å². The van der Waals surface area contributed by atoms with Crippen LogP contribution in [0.15, 0.2) is 22.7 Å². The van der Waals surface area contributed by atoms with Crippen molar-refractivity contribution < 1.29 is 4.79 Å². The van der Waals surface area contributed by atoms with Crippen molar-refractivity contribution in [2.75, 3.05) is 13.1 Å². The summed E-state index contributed by atoms with van der Waals surface area (Å²) in [6.07, 6.45) is 1.99. The molecular formula is C14H19BrCl2N2O. The standard InChI is InChI=1S/C14H18BrClN2O.ClH/c1-9-4-5-18(11(6-9)8-17)14(19)12-3-2-10(15)7-13(12)16;/h2-3,7,9,11H,4-6,8,17H2,1H3;1H. The Morgan fingerprint density at radius 2 is 2.25 bits per heavy atom. The number of likely N-dealkylation sites (tertiary alicyclic amines) is 1. The van der Waals surface area contributed by atoms with Gasteiger partial charge in [-0.1, -0.05) is 34.5 Å². The van der Waals surface area contributed by atoms with Gasteiger partial charge in [0, 0.05) is 23.6 Å². The fraction of sp³-hybridized carbons (Fsp3) is 0.500. The van der Waals surface area contributed by atoms with E-state index in [0.29, 0.717) is 23.0 Å². The van der Waals surface area contributed by atoms with Crippen LogP contribution >= 0.6 is 39.9 Å². The van der Waals surface area contributed by atoms with E-state index < -0.39 is 0 Å². The van der Waals surface area contributed by atoms with Crippen LogP contribution in [0.1, 0.15) is 30.1 Å². The van der Waals surface area contributed by atoms with Crippen molar-refractivity contribution >= 4 is 45.8 Å². The molecule has 1 amide bonds. The highest BCUT2D eigenvalue weighted by molar-refractivity contribution is 9.10. The van der Waals surface area contributed by atoms with E-state index in [2.05, 4.69) is 22.9 Å². The van der Waals surface area contributed by atoms with E-state index in [9.17, 15) is 4.79 Å². The Kier molecular flexibility index (Phi) is 6.79. The zero-order chi connectivity index (χ0) is 14.0. The zero-order valence-corrected chi connectivity index (χ0v) is 14.5. The van der Waals surface area contributed by atoms with Crippen molar-refractivity contribution in [2.45, 2.75) is 25.8 Å². The molecule has 0 saturated carbocycles. The molecule has 1 aromatic carbocycles. The van der Waals surface area contributed by atoms with E-state index >= 15 is 0 Å².